The molecule has 1 aromatic rings. The van der Waals surface area contributed by atoms with E-state index in [4.69, 9.17) is 5.11 Å². The molecule has 19 heavy (non-hydrogen) atoms. The number of hydrogen-bond acceptors (Lipinski definition) is 4. The lowest BCUT2D eigenvalue weighted by Crippen LogP contribution is -2.28. The van der Waals surface area contributed by atoms with Gasteiger partial charge in [-0.05, 0) is 30.5 Å². The van der Waals surface area contributed by atoms with Gasteiger partial charge in [-0.15, -0.1) is 0 Å². The van der Waals surface area contributed by atoms with Crippen LogP contribution < -0.4 is 5.32 Å². The van der Waals surface area contributed by atoms with E-state index in [-0.39, 0.29) is 17.5 Å². The monoisotopic (exact) mass is 265 g/mol. The van der Waals surface area contributed by atoms with Gasteiger partial charge >= 0.3 is 5.97 Å². The minimum absolute atomic E-state index is 0.192. The summed E-state index contributed by atoms with van der Waals surface area (Å²) in [5, 5.41) is 30.2. The fourth-order valence-electron chi connectivity index (χ4n) is 1.65. The van der Waals surface area contributed by atoms with Crippen molar-refractivity contribution in [3.63, 3.8) is 0 Å². The molecule has 0 bridgehead atoms. The van der Waals surface area contributed by atoms with Crippen molar-refractivity contribution >= 4 is 11.9 Å². The highest BCUT2D eigenvalue weighted by Gasteiger charge is 2.26. The van der Waals surface area contributed by atoms with Crippen LogP contribution in [0, 0.1) is 0 Å². The van der Waals surface area contributed by atoms with Gasteiger partial charge in [-0.1, -0.05) is 12.1 Å². The number of aliphatic carboxylic acids is 1. The van der Waals surface area contributed by atoms with E-state index >= 15 is 0 Å². The number of aliphatic hydroxyl groups excluding tert-OH is 2. The van der Waals surface area contributed by atoms with Crippen LogP contribution in [0.25, 0.3) is 0 Å². The van der Waals surface area contributed by atoms with Crippen molar-refractivity contribution in [2.75, 3.05) is 0 Å². The third-order valence-corrected chi connectivity index (χ3v) is 2.98. The summed E-state index contributed by atoms with van der Waals surface area (Å²) in [6.45, 7) is 0. The van der Waals surface area contributed by atoms with E-state index in [0.717, 1.165) is 12.8 Å². The van der Waals surface area contributed by atoms with Gasteiger partial charge in [-0.25, -0.2) is 4.79 Å². The van der Waals surface area contributed by atoms with Crippen molar-refractivity contribution in [2.45, 2.75) is 31.1 Å². The van der Waals surface area contributed by atoms with Gasteiger partial charge in [0, 0.05) is 11.6 Å². The highest BCUT2D eigenvalue weighted by molar-refractivity contribution is 5.94. The van der Waals surface area contributed by atoms with Gasteiger partial charge in [-0.2, -0.15) is 0 Å². The molecule has 0 spiro atoms. The van der Waals surface area contributed by atoms with E-state index in [1.54, 1.807) is 0 Å². The van der Waals surface area contributed by atoms with Crippen LogP contribution in [-0.2, 0) is 4.79 Å². The number of carbonyl (C=O) groups excluding carboxylic acids is 1. The van der Waals surface area contributed by atoms with Crippen LogP contribution in [0.5, 0.6) is 0 Å². The summed E-state index contributed by atoms with van der Waals surface area (Å²) in [4.78, 5) is 22.2. The maximum atomic E-state index is 11.7. The molecule has 1 fully saturated rings. The average molecular weight is 265 g/mol. The topological polar surface area (TPSA) is 107 Å². The van der Waals surface area contributed by atoms with Crippen molar-refractivity contribution in [3.05, 3.63) is 35.4 Å². The predicted octanol–water partition coefficient (Wildman–Crippen LogP) is 0.0577. The SMILES string of the molecule is O=C(NC1CC1)c1ccc(C(O)C(O)C(=O)O)cc1. The molecule has 0 saturated heterocycles. The van der Waals surface area contributed by atoms with Crippen LogP contribution >= 0.6 is 0 Å². The minimum Gasteiger partial charge on any atom is -0.479 e. The van der Waals surface area contributed by atoms with Crippen molar-refractivity contribution in [3.8, 4) is 0 Å². The molecule has 1 aliphatic rings. The molecule has 1 aromatic carbocycles. The largest absolute Gasteiger partial charge is 0.479 e. The van der Waals surface area contributed by atoms with Gasteiger partial charge in [-0.3, -0.25) is 4.79 Å². The molecular weight excluding hydrogens is 250 g/mol. The first kappa shape index (κ1) is 13.5. The van der Waals surface area contributed by atoms with Gasteiger partial charge in [0.25, 0.3) is 5.91 Å². The van der Waals surface area contributed by atoms with Crippen LogP contribution in [-0.4, -0.2) is 39.3 Å². The van der Waals surface area contributed by atoms with Crippen molar-refractivity contribution < 1.29 is 24.9 Å². The van der Waals surface area contributed by atoms with Crippen molar-refractivity contribution in [1.82, 2.24) is 5.32 Å². The molecule has 0 heterocycles. The Hall–Kier alpha value is -1.92. The Kier molecular flexibility index (Phi) is 3.82. The highest BCUT2D eigenvalue weighted by Crippen LogP contribution is 2.21. The number of nitrogens with one attached hydrogen (secondary N) is 1. The summed E-state index contributed by atoms with van der Waals surface area (Å²) in [5.41, 5.74) is 0.686. The lowest BCUT2D eigenvalue weighted by atomic mass is 10.0. The third kappa shape index (κ3) is 3.30. The number of hydrogen-bond donors (Lipinski definition) is 4. The first-order valence-electron chi connectivity index (χ1n) is 5.99. The Morgan fingerprint density at radius 3 is 2.21 bits per heavy atom. The Labute approximate surface area is 109 Å². The molecule has 0 aliphatic heterocycles. The molecule has 1 amide bonds. The molecule has 0 radical (unpaired) electrons. The maximum absolute atomic E-state index is 11.7. The number of aliphatic hydroxyl groups is 2. The minimum atomic E-state index is -1.88. The van der Waals surface area contributed by atoms with E-state index in [1.807, 2.05) is 0 Å². The van der Waals surface area contributed by atoms with Crippen LogP contribution in [0.15, 0.2) is 24.3 Å². The molecule has 102 valence electrons. The quantitative estimate of drug-likeness (QED) is 0.602. The van der Waals surface area contributed by atoms with E-state index < -0.39 is 18.2 Å². The number of carboxylic acid groups (broad SMARTS) is 1. The Bertz CT molecular complexity index is 480. The summed E-state index contributed by atoms with van der Waals surface area (Å²) in [6, 6.07) is 6.10. The zero-order valence-electron chi connectivity index (χ0n) is 10.1. The second kappa shape index (κ2) is 5.38. The first-order chi connectivity index (χ1) is 8.99. The summed E-state index contributed by atoms with van der Waals surface area (Å²) < 4.78 is 0. The number of rotatable bonds is 5. The predicted molar refractivity (Wildman–Crippen MR) is 65.5 cm³/mol. The summed E-state index contributed by atoms with van der Waals surface area (Å²) in [5.74, 6) is -1.69. The molecule has 2 rings (SSSR count). The maximum Gasteiger partial charge on any atom is 0.335 e. The first-order valence-corrected chi connectivity index (χ1v) is 5.99. The van der Waals surface area contributed by atoms with Crippen LogP contribution in [0.2, 0.25) is 0 Å². The zero-order chi connectivity index (χ0) is 14.0. The average Bonchev–Trinajstić information content (AvgIpc) is 3.21. The standard InChI is InChI=1S/C13H15NO5/c15-10(11(16)13(18)19)7-1-3-8(4-2-7)12(17)14-9-5-6-9/h1-4,9-11,15-16H,5-6H2,(H,14,17)(H,18,19). The molecular formula is C13H15NO5. The van der Waals surface area contributed by atoms with Gasteiger partial charge in [0.05, 0.1) is 0 Å². The highest BCUT2D eigenvalue weighted by atomic mass is 16.4. The lowest BCUT2D eigenvalue weighted by molar-refractivity contribution is -0.153. The lowest BCUT2D eigenvalue weighted by Gasteiger charge is -2.14. The Morgan fingerprint density at radius 2 is 1.74 bits per heavy atom. The van der Waals surface area contributed by atoms with Gasteiger partial charge in [0.1, 0.15) is 6.10 Å². The van der Waals surface area contributed by atoms with Crippen LogP contribution in [0.3, 0.4) is 0 Å². The van der Waals surface area contributed by atoms with E-state index in [0.29, 0.717) is 5.56 Å². The normalized spacial score (nSPS) is 17.6. The molecule has 1 aliphatic carbocycles. The van der Waals surface area contributed by atoms with Gasteiger partial charge in [0.15, 0.2) is 6.10 Å². The molecule has 0 aromatic heterocycles. The van der Waals surface area contributed by atoms with Gasteiger partial charge in [0.2, 0.25) is 0 Å². The molecule has 4 N–H and O–H groups in total. The molecule has 1 saturated carbocycles. The van der Waals surface area contributed by atoms with Crippen molar-refractivity contribution in [1.29, 1.82) is 0 Å². The van der Waals surface area contributed by atoms with E-state index in [9.17, 15) is 19.8 Å². The fraction of sp³-hybridized carbons (Fsp3) is 0.385. The molecule has 6 nitrogen and oxygen atoms in total. The van der Waals surface area contributed by atoms with Crippen molar-refractivity contribution in [2.24, 2.45) is 0 Å². The zero-order valence-corrected chi connectivity index (χ0v) is 10.1. The number of amides is 1. The summed E-state index contributed by atoms with van der Waals surface area (Å²) >= 11 is 0. The Morgan fingerprint density at radius 1 is 1.16 bits per heavy atom. The fourth-order valence-corrected chi connectivity index (χ4v) is 1.65. The molecule has 2 unspecified atom stereocenters. The summed E-state index contributed by atoms with van der Waals surface area (Å²) in [6.07, 6.45) is -1.41. The molecule has 2 atom stereocenters. The van der Waals surface area contributed by atoms with Crippen LogP contribution in [0.1, 0.15) is 34.9 Å². The number of carbonyl (C=O) groups is 2. The van der Waals surface area contributed by atoms with E-state index in [2.05, 4.69) is 5.32 Å². The smallest absolute Gasteiger partial charge is 0.335 e. The second-order valence-corrected chi connectivity index (χ2v) is 4.60. The third-order valence-electron chi connectivity index (χ3n) is 2.98. The van der Waals surface area contributed by atoms with Gasteiger partial charge < -0.3 is 20.6 Å². The van der Waals surface area contributed by atoms with Crippen LogP contribution in [0.4, 0.5) is 0 Å². The molecule has 6 heteroatoms. The van der Waals surface area contributed by atoms with E-state index in [1.165, 1.54) is 24.3 Å². The number of benzene rings is 1. The Balaban J connectivity index is 2.04. The second-order valence-electron chi connectivity index (χ2n) is 4.60. The summed E-state index contributed by atoms with van der Waals surface area (Å²) in [7, 11) is 0. The number of carboxylic acids is 1.